The number of rotatable bonds is 2. The van der Waals surface area contributed by atoms with Crippen LogP contribution in [0, 0.1) is 20.8 Å². The van der Waals surface area contributed by atoms with Crippen LogP contribution in [-0.4, -0.2) is 13.5 Å². The molecule has 0 bridgehead atoms. The van der Waals surface area contributed by atoms with Gasteiger partial charge in [-0.25, -0.2) is 8.42 Å². The summed E-state index contributed by atoms with van der Waals surface area (Å²) in [7, 11) is -3.68. The molecule has 2 aromatic rings. The quantitative estimate of drug-likeness (QED) is 0.916. The molecule has 0 aliphatic rings. The fraction of sp³-hybridized carbons (Fsp3) is 0.200. The summed E-state index contributed by atoms with van der Waals surface area (Å²) in [6.07, 6.45) is 0. The van der Waals surface area contributed by atoms with Crippen LogP contribution >= 0.6 is 0 Å². The molecule has 0 aliphatic carbocycles. The summed E-state index contributed by atoms with van der Waals surface area (Å²) >= 11 is 0. The maximum Gasteiger partial charge on any atom is 0.210 e. The highest BCUT2D eigenvalue weighted by atomic mass is 32.2. The molecular formula is C15H16O3S. The average molecular weight is 276 g/mol. The van der Waals surface area contributed by atoms with E-state index >= 15 is 0 Å². The third-order valence-corrected chi connectivity index (χ3v) is 5.09. The van der Waals surface area contributed by atoms with Crippen molar-refractivity contribution in [2.45, 2.75) is 30.6 Å². The lowest BCUT2D eigenvalue weighted by Gasteiger charge is -2.10. The fourth-order valence-corrected chi connectivity index (χ4v) is 3.24. The van der Waals surface area contributed by atoms with Gasteiger partial charge in [-0.05, 0) is 50.1 Å². The Kier molecular flexibility index (Phi) is 3.37. The highest BCUT2D eigenvalue weighted by Gasteiger charge is 2.22. The Labute approximate surface area is 113 Å². The van der Waals surface area contributed by atoms with Gasteiger partial charge in [0.15, 0.2) is 0 Å². The van der Waals surface area contributed by atoms with E-state index < -0.39 is 9.84 Å². The molecule has 19 heavy (non-hydrogen) atoms. The molecule has 0 atom stereocenters. The van der Waals surface area contributed by atoms with Gasteiger partial charge < -0.3 is 5.11 Å². The second-order valence-electron chi connectivity index (χ2n) is 4.67. The molecular weight excluding hydrogens is 260 g/mol. The van der Waals surface area contributed by atoms with Gasteiger partial charge >= 0.3 is 0 Å². The Balaban J connectivity index is 2.64. The molecule has 0 aliphatic heterocycles. The van der Waals surface area contributed by atoms with Crippen LogP contribution in [0.1, 0.15) is 16.7 Å². The van der Waals surface area contributed by atoms with Crippen LogP contribution in [0.4, 0.5) is 0 Å². The second-order valence-corrected chi connectivity index (χ2v) is 6.59. The zero-order valence-electron chi connectivity index (χ0n) is 11.1. The first-order valence-corrected chi connectivity index (χ1v) is 7.43. The number of sulfone groups is 1. The van der Waals surface area contributed by atoms with Crippen molar-refractivity contribution in [2.24, 2.45) is 0 Å². The molecule has 0 heterocycles. The van der Waals surface area contributed by atoms with Crippen molar-refractivity contribution in [3.05, 3.63) is 53.1 Å². The first-order chi connectivity index (χ1) is 8.84. The van der Waals surface area contributed by atoms with E-state index in [9.17, 15) is 13.5 Å². The molecule has 0 saturated carbocycles. The van der Waals surface area contributed by atoms with Crippen molar-refractivity contribution in [2.75, 3.05) is 0 Å². The van der Waals surface area contributed by atoms with Crippen LogP contribution in [0.5, 0.6) is 5.75 Å². The van der Waals surface area contributed by atoms with E-state index in [0.29, 0.717) is 5.56 Å². The predicted molar refractivity (Wildman–Crippen MR) is 74.2 cm³/mol. The minimum absolute atomic E-state index is 0.0422. The topological polar surface area (TPSA) is 54.4 Å². The molecule has 2 aromatic carbocycles. The lowest BCUT2D eigenvalue weighted by Crippen LogP contribution is -2.03. The number of hydrogen-bond acceptors (Lipinski definition) is 3. The Morgan fingerprint density at radius 2 is 1.47 bits per heavy atom. The van der Waals surface area contributed by atoms with Crippen molar-refractivity contribution in [1.29, 1.82) is 0 Å². The molecule has 0 amide bonds. The minimum atomic E-state index is -3.68. The maximum absolute atomic E-state index is 12.5. The van der Waals surface area contributed by atoms with E-state index in [0.717, 1.165) is 11.1 Å². The van der Waals surface area contributed by atoms with Crippen LogP contribution in [0.25, 0.3) is 0 Å². The summed E-state index contributed by atoms with van der Waals surface area (Å²) in [5.74, 6) is -0.166. The fourth-order valence-electron chi connectivity index (χ4n) is 1.84. The minimum Gasteiger partial charge on any atom is -0.506 e. The van der Waals surface area contributed by atoms with Gasteiger partial charge in [0.2, 0.25) is 9.84 Å². The van der Waals surface area contributed by atoms with Crippen molar-refractivity contribution >= 4 is 9.84 Å². The van der Waals surface area contributed by atoms with Gasteiger partial charge in [-0.3, -0.25) is 0 Å². The van der Waals surface area contributed by atoms with E-state index in [4.69, 9.17) is 0 Å². The standard InChI is InChI=1S/C15H16O3S/c1-10-4-7-13(8-5-10)19(17,18)14-9-6-11(2)12(3)15(14)16/h4-9,16H,1-3H3. The van der Waals surface area contributed by atoms with Gasteiger partial charge in [-0.1, -0.05) is 23.8 Å². The predicted octanol–water partition coefficient (Wildman–Crippen LogP) is 3.15. The largest absolute Gasteiger partial charge is 0.506 e. The lowest BCUT2D eigenvalue weighted by atomic mass is 10.1. The molecule has 1 N–H and O–H groups in total. The van der Waals surface area contributed by atoms with Crippen LogP contribution in [0.3, 0.4) is 0 Å². The average Bonchev–Trinajstić information content (AvgIpc) is 2.36. The second kappa shape index (κ2) is 4.70. The molecule has 0 radical (unpaired) electrons. The lowest BCUT2D eigenvalue weighted by molar-refractivity contribution is 0.454. The number of phenols is 1. The highest BCUT2D eigenvalue weighted by molar-refractivity contribution is 7.91. The van der Waals surface area contributed by atoms with E-state index in [1.807, 2.05) is 13.8 Å². The SMILES string of the molecule is Cc1ccc(S(=O)(=O)c2ccc(C)c(C)c2O)cc1. The van der Waals surface area contributed by atoms with Gasteiger partial charge in [-0.15, -0.1) is 0 Å². The van der Waals surface area contributed by atoms with Gasteiger partial charge in [0.25, 0.3) is 0 Å². The maximum atomic E-state index is 12.5. The van der Waals surface area contributed by atoms with E-state index in [-0.39, 0.29) is 15.5 Å². The molecule has 4 heteroatoms. The summed E-state index contributed by atoms with van der Waals surface area (Å²) in [6.45, 7) is 5.43. The van der Waals surface area contributed by atoms with Gasteiger partial charge in [-0.2, -0.15) is 0 Å². The summed E-state index contributed by atoms with van der Waals surface area (Å²) in [5.41, 5.74) is 2.44. The van der Waals surface area contributed by atoms with Crippen LogP contribution in [-0.2, 0) is 9.84 Å². The van der Waals surface area contributed by atoms with E-state index in [2.05, 4.69) is 0 Å². The number of aryl methyl sites for hydroxylation is 2. The number of hydrogen-bond donors (Lipinski definition) is 1. The molecule has 0 unspecified atom stereocenters. The molecule has 2 rings (SSSR count). The third-order valence-electron chi connectivity index (χ3n) is 3.29. The van der Waals surface area contributed by atoms with Crippen molar-refractivity contribution in [1.82, 2.24) is 0 Å². The highest BCUT2D eigenvalue weighted by Crippen LogP contribution is 2.32. The Bertz CT molecular complexity index is 714. The molecule has 3 nitrogen and oxygen atoms in total. The Morgan fingerprint density at radius 3 is 2.05 bits per heavy atom. The molecule has 0 aromatic heterocycles. The number of benzene rings is 2. The van der Waals surface area contributed by atoms with Crippen LogP contribution in [0.2, 0.25) is 0 Å². The summed E-state index contributed by atoms with van der Waals surface area (Å²) in [4.78, 5) is 0.149. The summed E-state index contributed by atoms with van der Waals surface area (Å²) in [5, 5.41) is 10.1. The molecule has 100 valence electrons. The first kappa shape index (κ1) is 13.6. The smallest absolute Gasteiger partial charge is 0.210 e. The Hall–Kier alpha value is -1.81. The molecule has 0 spiro atoms. The van der Waals surface area contributed by atoms with Gasteiger partial charge in [0.1, 0.15) is 10.6 Å². The van der Waals surface area contributed by atoms with E-state index in [1.54, 1.807) is 37.3 Å². The van der Waals surface area contributed by atoms with E-state index in [1.165, 1.54) is 6.07 Å². The van der Waals surface area contributed by atoms with Gasteiger partial charge in [0.05, 0.1) is 4.90 Å². The molecule has 0 fully saturated rings. The number of phenolic OH excluding ortho intramolecular Hbond substituents is 1. The van der Waals surface area contributed by atoms with Crippen LogP contribution < -0.4 is 0 Å². The molecule has 0 saturated heterocycles. The van der Waals surface area contributed by atoms with Gasteiger partial charge in [0, 0.05) is 0 Å². The normalized spacial score (nSPS) is 11.5. The van der Waals surface area contributed by atoms with Crippen molar-refractivity contribution in [3.8, 4) is 5.75 Å². The summed E-state index contributed by atoms with van der Waals surface area (Å²) < 4.78 is 24.9. The monoisotopic (exact) mass is 276 g/mol. The zero-order valence-corrected chi connectivity index (χ0v) is 12.0. The van der Waals surface area contributed by atoms with Crippen LogP contribution in [0.15, 0.2) is 46.2 Å². The zero-order chi connectivity index (χ0) is 14.2. The summed E-state index contributed by atoms with van der Waals surface area (Å²) in [6, 6.07) is 9.75. The van der Waals surface area contributed by atoms with Crippen molar-refractivity contribution in [3.63, 3.8) is 0 Å². The number of aromatic hydroxyl groups is 1. The Morgan fingerprint density at radius 1 is 0.895 bits per heavy atom. The van der Waals surface area contributed by atoms with Crippen molar-refractivity contribution < 1.29 is 13.5 Å². The third kappa shape index (κ3) is 2.36. The first-order valence-electron chi connectivity index (χ1n) is 5.95.